The van der Waals surface area contributed by atoms with E-state index in [1.54, 1.807) is 12.1 Å². The van der Waals surface area contributed by atoms with Gasteiger partial charge in [0.25, 0.3) is 16.1 Å². The monoisotopic (exact) mass is 397 g/mol. The molecular weight excluding hydrogens is 381 g/mol. The van der Waals surface area contributed by atoms with Crippen LogP contribution < -0.4 is 10.0 Å². The predicted molar refractivity (Wildman–Crippen MR) is 82.1 cm³/mol. The molecule has 1 aromatic carbocycles. The van der Waals surface area contributed by atoms with Crippen LogP contribution in [0.25, 0.3) is 0 Å². The van der Waals surface area contributed by atoms with Crippen LogP contribution in [-0.4, -0.2) is 45.8 Å². The lowest BCUT2D eigenvalue weighted by Crippen LogP contribution is -2.40. The second kappa shape index (κ2) is 7.17. The van der Waals surface area contributed by atoms with Crippen LogP contribution in [-0.2, 0) is 10.2 Å². The maximum Gasteiger partial charge on any atom is 0.278 e. The minimum Gasteiger partial charge on any atom is -0.351 e. The van der Waals surface area contributed by atoms with Gasteiger partial charge in [-0.25, -0.2) is 4.72 Å². The molecule has 19 heavy (non-hydrogen) atoms. The van der Waals surface area contributed by atoms with Crippen molar-refractivity contribution in [2.24, 2.45) is 0 Å². The molecule has 0 atom stereocenters. The lowest BCUT2D eigenvalue weighted by Gasteiger charge is -2.12. The molecule has 6 nitrogen and oxygen atoms in total. The summed E-state index contributed by atoms with van der Waals surface area (Å²) in [6, 6.07) is 7.20. The van der Waals surface area contributed by atoms with Gasteiger partial charge >= 0.3 is 0 Å². The Labute approximate surface area is 126 Å². The number of hydrogen-bond acceptors (Lipinski definition) is 3. The molecule has 0 saturated carbocycles. The van der Waals surface area contributed by atoms with Crippen LogP contribution in [0.15, 0.2) is 24.3 Å². The zero-order valence-electron chi connectivity index (χ0n) is 10.7. The smallest absolute Gasteiger partial charge is 0.278 e. The number of hydrogen-bond donors (Lipinski definition) is 2. The number of carbonyl (C=O) groups is 1. The first-order valence-corrected chi connectivity index (χ1v) is 8.06. The van der Waals surface area contributed by atoms with E-state index in [2.05, 4.69) is 32.6 Å². The minimum absolute atomic E-state index is 0.148. The molecule has 0 fully saturated rings. The molecule has 0 radical (unpaired) electrons. The third kappa shape index (κ3) is 5.05. The van der Waals surface area contributed by atoms with E-state index < -0.39 is 10.2 Å². The van der Waals surface area contributed by atoms with Crippen LogP contribution in [0.2, 0.25) is 0 Å². The van der Waals surface area contributed by atoms with Gasteiger partial charge in [-0.2, -0.15) is 12.7 Å². The van der Waals surface area contributed by atoms with Gasteiger partial charge in [0.15, 0.2) is 0 Å². The molecule has 0 heterocycles. The molecule has 106 valence electrons. The van der Waals surface area contributed by atoms with Crippen molar-refractivity contribution in [1.82, 2.24) is 14.3 Å². The van der Waals surface area contributed by atoms with E-state index in [-0.39, 0.29) is 19.0 Å². The lowest BCUT2D eigenvalue weighted by atomic mass is 10.2. The Balaban J connectivity index is 2.43. The van der Waals surface area contributed by atoms with Gasteiger partial charge in [-0.3, -0.25) is 4.79 Å². The van der Waals surface area contributed by atoms with E-state index in [4.69, 9.17) is 0 Å². The summed E-state index contributed by atoms with van der Waals surface area (Å²) in [7, 11) is -0.563. The van der Waals surface area contributed by atoms with E-state index in [0.29, 0.717) is 5.56 Å². The largest absolute Gasteiger partial charge is 0.351 e. The molecule has 8 heteroatoms. The van der Waals surface area contributed by atoms with E-state index in [1.807, 2.05) is 12.1 Å². The summed E-state index contributed by atoms with van der Waals surface area (Å²) in [6.07, 6.45) is 0. The van der Waals surface area contributed by atoms with Crippen molar-refractivity contribution < 1.29 is 13.2 Å². The first kappa shape index (κ1) is 16.3. The molecule has 2 N–H and O–H groups in total. The standard InChI is InChI=1S/C11H16IN3O3S/c1-15(2)19(17,18)14-8-7-13-11(16)9-5-3-4-6-10(9)12/h3-6,14H,7-8H2,1-2H3,(H,13,16). The van der Waals surface area contributed by atoms with Crippen LogP contribution in [0, 0.1) is 3.57 Å². The molecule has 0 aromatic heterocycles. The Morgan fingerprint density at radius 1 is 1.26 bits per heavy atom. The second-order valence-corrected chi connectivity index (χ2v) is 7.05. The molecule has 0 aliphatic rings. The van der Waals surface area contributed by atoms with Crippen molar-refractivity contribution in [2.75, 3.05) is 27.2 Å². The van der Waals surface area contributed by atoms with E-state index in [9.17, 15) is 13.2 Å². The molecule has 0 aliphatic heterocycles. The van der Waals surface area contributed by atoms with Gasteiger partial charge in [0, 0.05) is 30.8 Å². The summed E-state index contributed by atoms with van der Waals surface area (Å²) in [5, 5.41) is 2.66. The summed E-state index contributed by atoms with van der Waals surface area (Å²) < 4.78 is 27.1. The van der Waals surface area contributed by atoms with Crippen molar-refractivity contribution >= 4 is 38.7 Å². The van der Waals surface area contributed by atoms with Crippen molar-refractivity contribution in [1.29, 1.82) is 0 Å². The molecule has 1 rings (SSSR count). The first-order valence-electron chi connectivity index (χ1n) is 5.54. The van der Waals surface area contributed by atoms with Crippen molar-refractivity contribution in [2.45, 2.75) is 0 Å². The van der Waals surface area contributed by atoms with Gasteiger partial charge in [-0.15, -0.1) is 0 Å². The average molecular weight is 397 g/mol. The Bertz CT molecular complexity index is 546. The zero-order chi connectivity index (χ0) is 14.5. The molecule has 0 bridgehead atoms. The van der Waals surface area contributed by atoms with E-state index in [1.165, 1.54) is 14.1 Å². The highest BCUT2D eigenvalue weighted by Crippen LogP contribution is 2.10. The number of nitrogens with one attached hydrogen (secondary N) is 2. The fourth-order valence-electron chi connectivity index (χ4n) is 1.23. The van der Waals surface area contributed by atoms with Gasteiger partial charge in [-0.05, 0) is 34.7 Å². The third-order valence-electron chi connectivity index (χ3n) is 2.29. The number of nitrogens with zero attached hydrogens (tertiary/aromatic N) is 1. The zero-order valence-corrected chi connectivity index (χ0v) is 13.7. The minimum atomic E-state index is -3.44. The summed E-state index contributed by atoms with van der Waals surface area (Å²) >= 11 is 2.08. The normalized spacial score (nSPS) is 11.6. The van der Waals surface area contributed by atoms with Crippen LogP contribution in [0.1, 0.15) is 10.4 Å². The van der Waals surface area contributed by atoms with Crippen molar-refractivity contribution in [3.63, 3.8) is 0 Å². The Hall–Kier alpha value is -0.710. The summed E-state index contributed by atoms with van der Waals surface area (Å²) in [5.74, 6) is -0.214. The van der Waals surface area contributed by atoms with Crippen molar-refractivity contribution in [3.05, 3.63) is 33.4 Å². The highest BCUT2D eigenvalue weighted by molar-refractivity contribution is 14.1. The quantitative estimate of drug-likeness (QED) is 0.540. The summed E-state index contributed by atoms with van der Waals surface area (Å²) in [4.78, 5) is 11.8. The number of halogens is 1. The Morgan fingerprint density at radius 3 is 2.47 bits per heavy atom. The van der Waals surface area contributed by atoms with Crippen LogP contribution in [0.4, 0.5) is 0 Å². The molecule has 0 unspecified atom stereocenters. The predicted octanol–water partition coefficient (Wildman–Crippen LogP) is 0.417. The Kier molecular flexibility index (Phi) is 6.17. The SMILES string of the molecule is CN(C)S(=O)(=O)NCCNC(=O)c1ccccc1I. The van der Waals surface area contributed by atoms with Gasteiger partial charge in [0.2, 0.25) is 0 Å². The fourth-order valence-corrected chi connectivity index (χ4v) is 2.48. The number of benzene rings is 1. The topological polar surface area (TPSA) is 78.5 Å². The fraction of sp³-hybridized carbons (Fsp3) is 0.364. The number of carbonyl (C=O) groups excluding carboxylic acids is 1. The molecular formula is C11H16IN3O3S. The van der Waals surface area contributed by atoms with Gasteiger partial charge < -0.3 is 5.32 Å². The number of amides is 1. The van der Waals surface area contributed by atoms with E-state index >= 15 is 0 Å². The van der Waals surface area contributed by atoms with Crippen molar-refractivity contribution in [3.8, 4) is 0 Å². The van der Waals surface area contributed by atoms with Crippen LogP contribution in [0.3, 0.4) is 0 Å². The average Bonchev–Trinajstić information content (AvgIpc) is 2.34. The number of rotatable bonds is 6. The Morgan fingerprint density at radius 2 is 1.89 bits per heavy atom. The third-order valence-corrected chi connectivity index (χ3v) is 4.77. The lowest BCUT2D eigenvalue weighted by molar-refractivity contribution is 0.0953. The molecule has 0 aliphatic carbocycles. The second-order valence-electron chi connectivity index (χ2n) is 3.92. The summed E-state index contributed by atoms with van der Waals surface area (Å²) in [5.41, 5.74) is 0.582. The van der Waals surface area contributed by atoms with Crippen LogP contribution >= 0.6 is 22.6 Å². The maximum absolute atomic E-state index is 11.8. The highest BCUT2D eigenvalue weighted by atomic mass is 127. The first-order chi connectivity index (χ1) is 8.84. The van der Waals surface area contributed by atoms with Crippen LogP contribution in [0.5, 0.6) is 0 Å². The van der Waals surface area contributed by atoms with Gasteiger partial charge in [0.05, 0.1) is 5.56 Å². The molecule has 1 aromatic rings. The molecule has 0 spiro atoms. The molecule has 0 saturated heterocycles. The van der Waals surface area contributed by atoms with E-state index in [0.717, 1.165) is 7.88 Å². The molecule has 1 amide bonds. The van der Waals surface area contributed by atoms with Gasteiger partial charge in [-0.1, -0.05) is 12.1 Å². The summed E-state index contributed by atoms with van der Waals surface area (Å²) in [6.45, 7) is 0.381. The highest BCUT2D eigenvalue weighted by Gasteiger charge is 2.12. The van der Waals surface area contributed by atoms with Gasteiger partial charge in [0.1, 0.15) is 0 Å². The maximum atomic E-state index is 11.8.